The van der Waals surface area contributed by atoms with Crippen LogP contribution in [0.2, 0.25) is 5.02 Å². The first-order valence-electron chi connectivity index (χ1n) is 14.7. The van der Waals surface area contributed by atoms with Crippen molar-refractivity contribution in [3.8, 4) is 0 Å². The zero-order valence-corrected chi connectivity index (χ0v) is 27.7. The molecule has 6 rings (SSSR count). The van der Waals surface area contributed by atoms with Gasteiger partial charge in [0.25, 0.3) is 0 Å². The van der Waals surface area contributed by atoms with Crippen LogP contribution in [0, 0.1) is 11.3 Å². The van der Waals surface area contributed by atoms with Gasteiger partial charge >= 0.3 is 0 Å². The van der Waals surface area contributed by atoms with Crippen molar-refractivity contribution in [2.24, 2.45) is 17.1 Å². The molecule has 2 aliphatic rings. The molecule has 2 atom stereocenters. The Bertz CT molecular complexity index is 1760. The summed E-state index contributed by atoms with van der Waals surface area (Å²) >= 11 is 8.14. The first-order chi connectivity index (χ1) is 21.5. The zero-order valence-electron chi connectivity index (χ0n) is 25.3. The molecule has 0 amide bonds. The number of benzene rings is 1. The van der Waals surface area contributed by atoms with Crippen LogP contribution >= 0.6 is 30.5 Å². The maximum atomic E-state index is 12.8. The highest BCUT2D eigenvalue weighted by atomic mass is 35.5. The Hall–Kier alpha value is -3.57. The number of halogens is 1. The highest BCUT2D eigenvalue weighted by molar-refractivity contribution is 7.99. The number of para-hydroxylation sites is 1. The van der Waals surface area contributed by atoms with Crippen LogP contribution in [0.4, 0.5) is 29.1 Å². The van der Waals surface area contributed by atoms with Gasteiger partial charge in [-0.15, -0.1) is 0 Å². The van der Waals surface area contributed by atoms with E-state index in [0.717, 1.165) is 47.6 Å². The summed E-state index contributed by atoms with van der Waals surface area (Å²) in [5.74, 6) is 2.25. The third-order valence-corrected chi connectivity index (χ3v) is 11.7. The number of pyridine rings is 1. The van der Waals surface area contributed by atoms with Crippen molar-refractivity contribution in [3.05, 3.63) is 66.2 Å². The van der Waals surface area contributed by atoms with E-state index in [0.29, 0.717) is 34.1 Å². The van der Waals surface area contributed by atoms with Crippen molar-refractivity contribution in [2.45, 2.75) is 42.1 Å². The van der Waals surface area contributed by atoms with E-state index in [2.05, 4.69) is 40.5 Å². The first-order valence-corrected chi connectivity index (χ1v) is 18.5. The van der Waals surface area contributed by atoms with Crippen LogP contribution in [-0.4, -0.2) is 63.2 Å². The number of nitrogens with zero attached hydrogens (tertiary/aromatic N) is 6. The summed E-state index contributed by atoms with van der Waals surface area (Å²) in [7, 11) is -2.50. The molecule has 1 saturated heterocycles. The molecule has 0 unspecified atom stereocenters. The number of hydrogen-bond donors (Lipinski definition) is 3. The van der Waals surface area contributed by atoms with Crippen LogP contribution < -0.4 is 26.6 Å². The van der Waals surface area contributed by atoms with E-state index in [4.69, 9.17) is 17.3 Å². The standard InChI is InChI=1S/C31H35ClN9O2PS/c1-19-21(42)16-31(28(19)33)10-14-41(15-11-31)25-17-37-26(18-36-25)45-23-8-12-34-29(27(23)32)40-30-35-13-9-24(39-30)38-20-6-4-5-7-22(20)44(2,3)43/h4-9,12-13,17-19,28H,10-11,14-16,33H2,1-3H3,(H2,34,35,38,39,40)/t19-,28+/m1/s1. The van der Waals surface area contributed by atoms with Gasteiger partial charge in [0.05, 0.1) is 23.1 Å². The number of ketones is 1. The summed E-state index contributed by atoms with van der Waals surface area (Å²) in [5.41, 5.74) is 7.10. The predicted octanol–water partition coefficient (Wildman–Crippen LogP) is 5.72. The Labute approximate surface area is 271 Å². The molecule has 1 aliphatic heterocycles. The molecular formula is C31H35ClN9O2PS. The van der Waals surface area contributed by atoms with E-state index < -0.39 is 7.14 Å². The average molecular weight is 664 g/mol. The van der Waals surface area contributed by atoms with Crippen molar-refractivity contribution in [1.29, 1.82) is 0 Å². The molecule has 11 nitrogen and oxygen atoms in total. The number of carbonyl (C=O) groups is 1. The largest absolute Gasteiger partial charge is 0.355 e. The third-order valence-electron chi connectivity index (χ3n) is 8.68. The van der Waals surface area contributed by atoms with E-state index in [-0.39, 0.29) is 23.2 Å². The van der Waals surface area contributed by atoms with Crippen LogP contribution in [0.3, 0.4) is 0 Å². The van der Waals surface area contributed by atoms with Crippen LogP contribution in [0.15, 0.2) is 71.1 Å². The van der Waals surface area contributed by atoms with Crippen LogP contribution in [-0.2, 0) is 9.36 Å². The van der Waals surface area contributed by atoms with Gasteiger partial charge in [-0.3, -0.25) is 4.79 Å². The Morgan fingerprint density at radius 2 is 1.78 bits per heavy atom. The second-order valence-electron chi connectivity index (χ2n) is 12.0. The number of carbonyl (C=O) groups excluding carboxylic acids is 1. The minimum Gasteiger partial charge on any atom is -0.355 e. The minimum absolute atomic E-state index is 0.0644. The molecule has 1 saturated carbocycles. The molecule has 4 aromatic rings. The predicted molar refractivity (Wildman–Crippen MR) is 180 cm³/mol. The summed E-state index contributed by atoms with van der Waals surface area (Å²) in [6.07, 6.45) is 9.12. The van der Waals surface area contributed by atoms with Crippen molar-refractivity contribution in [2.75, 3.05) is 42.0 Å². The SMILES string of the molecule is C[C@@H]1C(=O)CC2(CCN(c3cnc(Sc4ccnc(Nc5nccc(Nc6ccccc6P(C)(C)=O)n5)c4Cl)cn3)CC2)[C@H]1N. The number of anilines is 5. The molecule has 4 N–H and O–H groups in total. The van der Waals surface area contributed by atoms with Gasteiger partial charge in [-0.2, -0.15) is 4.98 Å². The maximum absolute atomic E-state index is 12.8. The minimum atomic E-state index is -2.50. The monoisotopic (exact) mass is 663 g/mol. The van der Waals surface area contributed by atoms with Gasteiger partial charge in [-0.1, -0.05) is 42.4 Å². The Morgan fingerprint density at radius 3 is 2.47 bits per heavy atom. The van der Waals surface area contributed by atoms with Crippen LogP contribution in [0.1, 0.15) is 26.2 Å². The number of Topliss-reactive ketones (excluding diaryl/α,β-unsaturated/α-hetero) is 1. The molecule has 1 aromatic carbocycles. The van der Waals surface area contributed by atoms with Gasteiger partial charge in [0, 0.05) is 54.1 Å². The molecule has 4 heterocycles. The molecule has 14 heteroatoms. The van der Waals surface area contributed by atoms with E-state index in [1.807, 2.05) is 37.3 Å². The number of rotatable bonds is 8. The molecule has 45 heavy (non-hydrogen) atoms. The van der Waals surface area contributed by atoms with Gasteiger partial charge < -0.3 is 25.8 Å². The van der Waals surface area contributed by atoms with Crippen molar-refractivity contribution in [3.63, 3.8) is 0 Å². The fourth-order valence-electron chi connectivity index (χ4n) is 6.06. The molecule has 0 radical (unpaired) electrons. The topological polar surface area (TPSA) is 152 Å². The highest BCUT2D eigenvalue weighted by Gasteiger charge is 2.50. The molecule has 1 spiro atoms. The number of nitrogens with two attached hydrogens (primary N) is 1. The zero-order chi connectivity index (χ0) is 31.8. The fraction of sp³-hybridized carbons (Fsp3) is 0.355. The molecule has 3 aromatic heterocycles. The maximum Gasteiger partial charge on any atom is 0.230 e. The van der Waals surface area contributed by atoms with Gasteiger partial charge in [0.1, 0.15) is 29.6 Å². The second-order valence-corrected chi connectivity index (χ2v) is 16.6. The van der Waals surface area contributed by atoms with Gasteiger partial charge in [-0.25, -0.2) is 19.9 Å². The highest BCUT2D eigenvalue weighted by Crippen LogP contribution is 2.47. The first kappa shape index (κ1) is 31.4. The van der Waals surface area contributed by atoms with E-state index in [1.54, 1.807) is 44.2 Å². The van der Waals surface area contributed by atoms with Crippen LogP contribution in [0.5, 0.6) is 0 Å². The number of hydrogen-bond acceptors (Lipinski definition) is 12. The lowest BCUT2D eigenvalue weighted by Gasteiger charge is -2.42. The summed E-state index contributed by atoms with van der Waals surface area (Å²) in [4.78, 5) is 37.8. The number of nitrogens with one attached hydrogen (secondary N) is 2. The molecule has 0 bridgehead atoms. The van der Waals surface area contributed by atoms with Gasteiger partial charge in [0.15, 0.2) is 5.82 Å². The lowest BCUT2D eigenvalue weighted by molar-refractivity contribution is -0.120. The quantitative estimate of drug-likeness (QED) is 0.198. The van der Waals surface area contributed by atoms with Crippen LogP contribution in [0.25, 0.3) is 0 Å². The Kier molecular flexibility index (Phi) is 8.85. The second kappa shape index (κ2) is 12.7. The Balaban J connectivity index is 1.10. The lowest BCUT2D eigenvalue weighted by atomic mass is 9.73. The average Bonchev–Trinajstić information content (AvgIpc) is 3.22. The summed E-state index contributed by atoms with van der Waals surface area (Å²) in [6.45, 7) is 7.02. The number of aromatic nitrogens is 5. The van der Waals surface area contributed by atoms with E-state index >= 15 is 0 Å². The fourth-order valence-corrected chi connectivity index (χ4v) is 8.24. The van der Waals surface area contributed by atoms with Crippen molar-refractivity contribution < 1.29 is 9.36 Å². The molecule has 234 valence electrons. The summed E-state index contributed by atoms with van der Waals surface area (Å²) in [5, 5.41) is 8.19. The van der Waals surface area contributed by atoms with Gasteiger partial charge in [-0.05, 0) is 55.9 Å². The van der Waals surface area contributed by atoms with Crippen molar-refractivity contribution in [1.82, 2.24) is 24.9 Å². The number of piperidine rings is 1. The van der Waals surface area contributed by atoms with Gasteiger partial charge in [0.2, 0.25) is 5.95 Å². The lowest BCUT2D eigenvalue weighted by Crippen LogP contribution is -2.48. The molecule has 2 fully saturated rings. The molecular weight excluding hydrogens is 629 g/mol. The van der Waals surface area contributed by atoms with E-state index in [9.17, 15) is 9.36 Å². The molecule has 1 aliphatic carbocycles. The normalized spacial score (nSPS) is 19.6. The Morgan fingerprint density at radius 1 is 1.02 bits per heavy atom. The summed E-state index contributed by atoms with van der Waals surface area (Å²) in [6, 6.07) is 10.9. The third kappa shape index (κ3) is 6.70. The van der Waals surface area contributed by atoms with Crippen molar-refractivity contribution >= 4 is 70.7 Å². The van der Waals surface area contributed by atoms with E-state index in [1.165, 1.54) is 11.8 Å². The summed E-state index contributed by atoms with van der Waals surface area (Å²) < 4.78 is 12.8. The smallest absolute Gasteiger partial charge is 0.230 e.